The molecule has 2 heterocycles. The molecule has 27 heavy (non-hydrogen) atoms. The number of pyridine rings is 1. The largest absolute Gasteiger partial charge is 0.390 e. The van der Waals surface area contributed by atoms with Gasteiger partial charge in [0.05, 0.1) is 11.3 Å². The highest BCUT2D eigenvalue weighted by Crippen LogP contribution is 2.56. The Morgan fingerprint density at radius 1 is 1.30 bits per heavy atom. The third-order valence-electron chi connectivity index (χ3n) is 6.72. The van der Waals surface area contributed by atoms with E-state index in [2.05, 4.69) is 20.3 Å². The first kappa shape index (κ1) is 16.8. The van der Waals surface area contributed by atoms with Crippen LogP contribution >= 0.6 is 0 Å². The molecule has 4 aliphatic carbocycles. The lowest BCUT2D eigenvalue weighted by atomic mass is 9.52. The molecule has 2 unspecified atom stereocenters. The van der Waals surface area contributed by atoms with E-state index in [4.69, 9.17) is 11.5 Å². The summed E-state index contributed by atoms with van der Waals surface area (Å²) in [5.41, 5.74) is 12.6. The Bertz CT molecular complexity index is 889. The summed E-state index contributed by atoms with van der Waals surface area (Å²) in [4.78, 5) is 11.4. The molecule has 144 valence electrons. The first-order valence-corrected chi connectivity index (χ1v) is 9.63. The third kappa shape index (κ3) is 2.74. The van der Waals surface area contributed by atoms with Gasteiger partial charge in [-0.1, -0.05) is 0 Å². The van der Waals surface area contributed by atoms with Crippen molar-refractivity contribution in [2.75, 3.05) is 5.32 Å². The van der Waals surface area contributed by atoms with Crippen LogP contribution in [0.2, 0.25) is 0 Å². The summed E-state index contributed by atoms with van der Waals surface area (Å²) in [7, 11) is 0. The molecule has 2 aromatic heterocycles. The number of hydrogen-bond donors (Lipinski definition) is 6. The highest BCUT2D eigenvalue weighted by molar-refractivity contribution is 5.91. The molecule has 8 nitrogen and oxygen atoms in total. The number of hydrogen-bond acceptors (Lipinski definition) is 5. The van der Waals surface area contributed by atoms with Crippen molar-refractivity contribution in [3.8, 4) is 0 Å². The van der Waals surface area contributed by atoms with E-state index in [0.29, 0.717) is 23.3 Å². The molecular formula is C19H26N6O2. The number of aromatic amines is 1. The summed E-state index contributed by atoms with van der Waals surface area (Å²) >= 11 is 0. The minimum Gasteiger partial charge on any atom is -0.390 e. The van der Waals surface area contributed by atoms with Crippen molar-refractivity contribution in [1.82, 2.24) is 9.97 Å². The fraction of sp³-hybridized carbons (Fsp3) is 0.579. The molecule has 6 rings (SSSR count). The minimum absolute atomic E-state index is 0.167. The molecule has 0 radical (unpaired) electrons. The molecule has 4 saturated carbocycles. The fourth-order valence-corrected chi connectivity index (χ4v) is 5.97. The second kappa shape index (κ2) is 5.84. The standard InChI is InChI=1S/C19H26N6O2/c20-18(21)25-17(26)13-8-23-16-12(1-2-22-16)15(13)24-14-10-3-9-4-11(14)7-19(27,5-9)6-10/h1-2,8-11,14,17,26-27H,3-7H2,(H4,20,21,25)(H2,22,23,24)/t9?,10-,11+,14+,17?,19-. The number of aliphatic hydroxyl groups excluding tert-OH is 1. The smallest absolute Gasteiger partial charge is 0.188 e. The molecule has 4 fully saturated rings. The quantitative estimate of drug-likeness (QED) is 0.352. The highest BCUT2D eigenvalue weighted by Gasteiger charge is 2.54. The summed E-state index contributed by atoms with van der Waals surface area (Å²) in [6, 6.07) is 2.22. The Kier molecular flexibility index (Phi) is 3.64. The van der Waals surface area contributed by atoms with Crippen LogP contribution in [0.25, 0.3) is 11.0 Å². The summed E-state index contributed by atoms with van der Waals surface area (Å²) in [5, 5.41) is 26.0. The van der Waals surface area contributed by atoms with Gasteiger partial charge < -0.3 is 32.0 Å². The summed E-state index contributed by atoms with van der Waals surface area (Å²) in [6.45, 7) is 0. The molecule has 8 N–H and O–H groups in total. The molecule has 4 aliphatic rings. The van der Waals surface area contributed by atoms with Crippen LogP contribution in [0.4, 0.5) is 5.69 Å². The van der Waals surface area contributed by atoms with Crippen LogP contribution in [0.1, 0.15) is 43.9 Å². The van der Waals surface area contributed by atoms with Crippen LogP contribution < -0.4 is 16.8 Å². The van der Waals surface area contributed by atoms with Gasteiger partial charge in [0.1, 0.15) is 5.65 Å². The number of H-pyrrole nitrogens is 1. The number of guanidine groups is 1. The highest BCUT2D eigenvalue weighted by atomic mass is 16.3. The summed E-state index contributed by atoms with van der Waals surface area (Å²) < 4.78 is 0. The van der Waals surface area contributed by atoms with Crippen LogP contribution in [-0.2, 0) is 0 Å². The van der Waals surface area contributed by atoms with Gasteiger partial charge >= 0.3 is 0 Å². The lowest BCUT2D eigenvalue weighted by Gasteiger charge is -2.58. The average Bonchev–Trinajstić information content (AvgIpc) is 3.04. The van der Waals surface area contributed by atoms with Crippen molar-refractivity contribution in [3.63, 3.8) is 0 Å². The number of rotatable bonds is 4. The van der Waals surface area contributed by atoms with Gasteiger partial charge in [-0.3, -0.25) is 0 Å². The number of aromatic nitrogens is 2. The Morgan fingerprint density at radius 2 is 2.04 bits per heavy atom. The first-order chi connectivity index (χ1) is 12.9. The molecule has 4 bridgehead atoms. The van der Waals surface area contributed by atoms with Crippen molar-refractivity contribution < 1.29 is 10.2 Å². The van der Waals surface area contributed by atoms with Crippen molar-refractivity contribution in [2.24, 2.45) is 34.2 Å². The van der Waals surface area contributed by atoms with Gasteiger partial charge in [-0.05, 0) is 55.9 Å². The summed E-state index contributed by atoms with van der Waals surface area (Å²) in [5.74, 6) is 1.36. The molecule has 0 amide bonds. The zero-order valence-corrected chi connectivity index (χ0v) is 15.1. The number of anilines is 1. The Hall–Kier alpha value is -2.32. The lowest BCUT2D eigenvalue weighted by molar-refractivity contribution is -0.129. The van der Waals surface area contributed by atoms with E-state index in [-0.39, 0.29) is 12.0 Å². The second-order valence-electron chi connectivity index (χ2n) is 8.62. The van der Waals surface area contributed by atoms with E-state index in [1.165, 1.54) is 0 Å². The first-order valence-electron chi connectivity index (χ1n) is 9.63. The summed E-state index contributed by atoms with van der Waals surface area (Å²) in [6.07, 6.45) is 7.24. The third-order valence-corrected chi connectivity index (χ3v) is 6.72. The predicted octanol–water partition coefficient (Wildman–Crippen LogP) is 1.18. The van der Waals surface area contributed by atoms with E-state index < -0.39 is 11.8 Å². The van der Waals surface area contributed by atoms with Crippen LogP contribution in [0.5, 0.6) is 0 Å². The Balaban J connectivity index is 1.53. The van der Waals surface area contributed by atoms with Crippen LogP contribution in [-0.4, -0.2) is 37.8 Å². The number of nitrogens with zero attached hydrogens (tertiary/aromatic N) is 2. The molecule has 0 aliphatic heterocycles. The van der Waals surface area contributed by atoms with Crippen LogP contribution in [0, 0.1) is 17.8 Å². The average molecular weight is 370 g/mol. The molecule has 8 heteroatoms. The number of aliphatic imine (C=N–C) groups is 1. The van der Waals surface area contributed by atoms with E-state index in [1.54, 1.807) is 6.20 Å². The van der Waals surface area contributed by atoms with Gasteiger partial charge in [0.2, 0.25) is 0 Å². The Labute approximate surface area is 157 Å². The SMILES string of the molecule is NC(N)=NC(O)c1cnc2[nH]ccc2c1N[C@H]1[C@@H]2CC3C[C@H]1C[C@@](O)(C3)C2. The maximum atomic E-state index is 10.8. The van der Waals surface area contributed by atoms with Gasteiger partial charge in [0, 0.05) is 29.4 Å². The van der Waals surface area contributed by atoms with Gasteiger partial charge in [-0.15, -0.1) is 0 Å². The zero-order valence-electron chi connectivity index (χ0n) is 15.1. The monoisotopic (exact) mass is 370 g/mol. The maximum Gasteiger partial charge on any atom is 0.188 e. The topological polar surface area (TPSA) is 146 Å². The van der Waals surface area contributed by atoms with Crippen LogP contribution in [0.3, 0.4) is 0 Å². The fourth-order valence-electron chi connectivity index (χ4n) is 5.97. The van der Waals surface area contributed by atoms with Gasteiger partial charge in [0.25, 0.3) is 0 Å². The number of aliphatic hydroxyl groups is 2. The molecule has 2 aromatic rings. The zero-order chi connectivity index (χ0) is 18.8. The predicted molar refractivity (Wildman–Crippen MR) is 103 cm³/mol. The second-order valence-corrected chi connectivity index (χ2v) is 8.62. The van der Waals surface area contributed by atoms with Crippen molar-refractivity contribution in [2.45, 2.75) is 50.0 Å². The Morgan fingerprint density at radius 3 is 2.70 bits per heavy atom. The molecular weight excluding hydrogens is 344 g/mol. The van der Waals surface area contributed by atoms with E-state index >= 15 is 0 Å². The maximum absolute atomic E-state index is 10.8. The number of nitrogens with two attached hydrogens (primary N) is 2. The van der Waals surface area contributed by atoms with E-state index in [9.17, 15) is 10.2 Å². The number of nitrogens with one attached hydrogen (secondary N) is 2. The van der Waals surface area contributed by atoms with Gasteiger partial charge in [-0.2, -0.15) is 0 Å². The number of fused-ring (bicyclic) bond motifs is 1. The van der Waals surface area contributed by atoms with Crippen molar-refractivity contribution >= 4 is 22.7 Å². The molecule has 6 atom stereocenters. The van der Waals surface area contributed by atoms with Gasteiger partial charge in [-0.25, -0.2) is 9.98 Å². The lowest BCUT2D eigenvalue weighted by Crippen LogP contribution is -2.59. The molecule has 0 saturated heterocycles. The van der Waals surface area contributed by atoms with Crippen molar-refractivity contribution in [3.05, 3.63) is 24.0 Å². The van der Waals surface area contributed by atoms with Crippen molar-refractivity contribution in [1.29, 1.82) is 0 Å². The van der Waals surface area contributed by atoms with E-state index in [1.807, 2.05) is 12.3 Å². The molecule has 0 aromatic carbocycles. The van der Waals surface area contributed by atoms with Gasteiger partial charge in [0.15, 0.2) is 12.2 Å². The normalized spacial score (nSPS) is 35.3. The minimum atomic E-state index is -1.18. The molecule has 0 spiro atoms. The van der Waals surface area contributed by atoms with E-state index in [0.717, 1.165) is 48.8 Å². The van der Waals surface area contributed by atoms with Crippen LogP contribution in [0.15, 0.2) is 23.5 Å².